The number of esters is 1. The molecule has 2 unspecified atom stereocenters. The Bertz CT molecular complexity index is 405. The number of hydrogen-bond acceptors (Lipinski definition) is 5. The SMILES string of the molecule is COC(=O)c1ccc(C(C)N(C)C(C)CCSC)o1. The summed E-state index contributed by atoms with van der Waals surface area (Å²) in [6, 6.07) is 4.11. The first-order chi connectivity index (χ1) is 9.01. The highest BCUT2D eigenvalue weighted by atomic mass is 32.2. The molecular weight excluding hydrogens is 262 g/mol. The fourth-order valence-corrected chi connectivity index (χ4v) is 2.44. The van der Waals surface area contributed by atoms with E-state index in [0.29, 0.717) is 6.04 Å². The van der Waals surface area contributed by atoms with Crippen LogP contribution in [0.1, 0.15) is 42.6 Å². The van der Waals surface area contributed by atoms with E-state index in [1.807, 2.05) is 17.8 Å². The Balaban J connectivity index is 2.68. The Kier molecular flexibility index (Phi) is 6.45. The van der Waals surface area contributed by atoms with Gasteiger partial charge in [0, 0.05) is 6.04 Å². The molecule has 0 aliphatic rings. The van der Waals surface area contributed by atoms with Crippen molar-refractivity contribution in [3.8, 4) is 0 Å². The Morgan fingerprint density at radius 1 is 1.47 bits per heavy atom. The third-order valence-corrected chi connectivity index (χ3v) is 4.11. The van der Waals surface area contributed by atoms with Gasteiger partial charge in [0.25, 0.3) is 0 Å². The second-order valence-corrected chi connectivity index (χ2v) is 5.65. The van der Waals surface area contributed by atoms with Crippen LogP contribution in [0.15, 0.2) is 16.5 Å². The van der Waals surface area contributed by atoms with Crippen LogP contribution in [-0.4, -0.2) is 43.1 Å². The predicted octanol–water partition coefficient (Wildman–Crippen LogP) is 3.20. The van der Waals surface area contributed by atoms with Crippen molar-refractivity contribution in [2.75, 3.05) is 26.2 Å². The van der Waals surface area contributed by atoms with E-state index >= 15 is 0 Å². The van der Waals surface area contributed by atoms with Crippen LogP contribution in [0.5, 0.6) is 0 Å². The normalized spacial score (nSPS) is 14.4. The monoisotopic (exact) mass is 285 g/mol. The van der Waals surface area contributed by atoms with Crippen molar-refractivity contribution in [2.24, 2.45) is 0 Å². The topological polar surface area (TPSA) is 42.7 Å². The van der Waals surface area contributed by atoms with Crippen LogP contribution in [0.25, 0.3) is 0 Å². The van der Waals surface area contributed by atoms with Gasteiger partial charge in [0.2, 0.25) is 5.76 Å². The number of carbonyl (C=O) groups is 1. The van der Waals surface area contributed by atoms with Crippen LogP contribution in [0.3, 0.4) is 0 Å². The molecule has 0 saturated carbocycles. The summed E-state index contributed by atoms with van der Waals surface area (Å²) in [5.74, 6) is 1.76. The molecule has 4 nitrogen and oxygen atoms in total. The van der Waals surface area contributed by atoms with Gasteiger partial charge in [0.15, 0.2) is 0 Å². The molecule has 0 radical (unpaired) electrons. The van der Waals surface area contributed by atoms with Gasteiger partial charge < -0.3 is 9.15 Å². The summed E-state index contributed by atoms with van der Waals surface area (Å²) in [7, 11) is 3.43. The zero-order chi connectivity index (χ0) is 14.4. The lowest BCUT2D eigenvalue weighted by atomic mass is 10.1. The van der Waals surface area contributed by atoms with Crippen LogP contribution in [0.2, 0.25) is 0 Å². The van der Waals surface area contributed by atoms with Crippen molar-refractivity contribution < 1.29 is 13.9 Å². The number of furan rings is 1. The lowest BCUT2D eigenvalue weighted by Gasteiger charge is -2.29. The van der Waals surface area contributed by atoms with Crippen molar-refractivity contribution in [3.05, 3.63) is 23.7 Å². The second-order valence-electron chi connectivity index (χ2n) is 4.67. The highest BCUT2D eigenvalue weighted by molar-refractivity contribution is 7.98. The Labute approximate surface area is 119 Å². The average Bonchev–Trinajstić information content (AvgIpc) is 2.91. The van der Waals surface area contributed by atoms with Gasteiger partial charge >= 0.3 is 5.97 Å². The molecule has 0 spiro atoms. The van der Waals surface area contributed by atoms with Gasteiger partial charge in [0.05, 0.1) is 13.2 Å². The zero-order valence-corrected chi connectivity index (χ0v) is 13.1. The molecular formula is C14H23NO3S. The van der Waals surface area contributed by atoms with E-state index in [1.165, 1.54) is 7.11 Å². The van der Waals surface area contributed by atoms with E-state index in [2.05, 4.69) is 36.8 Å². The number of methoxy groups -OCH3 is 1. The van der Waals surface area contributed by atoms with Crippen molar-refractivity contribution >= 4 is 17.7 Å². The predicted molar refractivity (Wildman–Crippen MR) is 78.7 cm³/mol. The van der Waals surface area contributed by atoms with Crippen molar-refractivity contribution in [1.82, 2.24) is 4.90 Å². The summed E-state index contributed by atoms with van der Waals surface area (Å²) in [5, 5.41) is 0. The molecule has 2 atom stereocenters. The quantitative estimate of drug-likeness (QED) is 0.720. The Hall–Kier alpha value is -0.940. The molecule has 0 bridgehead atoms. The minimum Gasteiger partial charge on any atom is -0.463 e. The number of thioether (sulfide) groups is 1. The molecule has 1 aromatic heterocycles. The van der Waals surface area contributed by atoms with Gasteiger partial charge in [-0.05, 0) is 51.5 Å². The van der Waals surface area contributed by atoms with Gasteiger partial charge in [-0.15, -0.1) is 0 Å². The molecule has 108 valence electrons. The van der Waals surface area contributed by atoms with Crippen LogP contribution in [0.4, 0.5) is 0 Å². The molecule has 0 aliphatic heterocycles. The fraction of sp³-hybridized carbons (Fsp3) is 0.643. The molecule has 0 aliphatic carbocycles. The summed E-state index contributed by atoms with van der Waals surface area (Å²) in [4.78, 5) is 13.6. The van der Waals surface area contributed by atoms with Gasteiger partial charge in [-0.3, -0.25) is 4.90 Å². The van der Waals surface area contributed by atoms with Crippen molar-refractivity contribution in [2.45, 2.75) is 32.4 Å². The third kappa shape index (κ3) is 4.28. The second kappa shape index (κ2) is 7.60. The Morgan fingerprint density at radius 2 is 2.16 bits per heavy atom. The van der Waals surface area contributed by atoms with Crippen LogP contribution in [0, 0.1) is 0 Å². The van der Waals surface area contributed by atoms with E-state index < -0.39 is 5.97 Å². The van der Waals surface area contributed by atoms with E-state index in [0.717, 1.165) is 17.9 Å². The lowest BCUT2D eigenvalue weighted by Crippen LogP contribution is -2.32. The summed E-state index contributed by atoms with van der Waals surface area (Å²) in [6.45, 7) is 4.28. The molecule has 0 aromatic carbocycles. The van der Waals surface area contributed by atoms with Crippen LogP contribution >= 0.6 is 11.8 Å². The van der Waals surface area contributed by atoms with E-state index in [9.17, 15) is 4.79 Å². The molecule has 0 N–H and O–H groups in total. The molecule has 1 rings (SSSR count). The standard InChI is InChI=1S/C14H23NO3S/c1-10(8-9-19-5)15(3)11(2)12-6-7-13(18-12)14(16)17-4/h6-7,10-11H,8-9H2,1-5H3. The first-order valence-corrected chi connectivity index (χ1v) is 7.79. The van der Waals surface area contributed by atoms with Gasteiger partial charge in [-0.25, -0.2) is 4.79 Å². The minimum absolute atomic E-state index is 0.135. The van der Waals surface area contributed by atoms with Gasteiger partial charge in [-0.2, -0.15) is 11.8 Å². The van der Waals surface area contributed by atoms with Crippen molar-refractivity contribution in [1.29, 1.82) is 0 Å². The van der Waals surface area contributed by atoms with E-state index in [4.69, 9.17) is 4.42 Å². The lowest BCUT2D eigenvalue weighted by molar-refractivity contribution is 0.0558. The first kappa shape index (κ1) is 16.1. The number of carbonyl (C=O) groups excluding carboxylic acids is 1. The summed E-state index contributed by atoms with van der Waals surface area (Å²) in [5.41, 5.74) is 0. The largest absolute Gasteiger partial charge is 0.463 e. The highest BCUT2D eigenvalue weighted by Crippen LogP contribution is 2.24. The number of hydrogen-bond donors (Lipinski definition) is 0. The molecule has 5 heteroatoms. The minimum atomic E-state index is -0.434. The summed E-state index contributed by atoms with van der Waals surface area (Å²) < 4.78 is 10.2. The maximum absolute atomic E-state index is 11.4. The van der Waals surface area contributed by atoms with Crippen LogP contribution < -0.4 is 0 Å². The third-order valence-electron chi connectivity index (χ3n) is 3.47. The number of nitrogens with zero attached hydrogens (tertiary/aromatic N) is 1. The molecule has 1 heterocycles. The summed E-state index contributed by atoms with van der Waals surface area (Å²) >= 11 is 1.85. The maximum Gasteiger partial charge on any atom is 0.373 e. The summed E-state index contributed by atoms with van der Waals surface area (Å²) in [6.07, 6.45) is 3.25. The molecule has 0 saturated heterocycles. The molecule has 0 fully saturated rings. The zero-order valence-electron chi connectivity index (χ0n) is 12.3. The smallest absolute Gasteiger partial charge is 0.373 e. The van der Waals surface area contributed by atoms with Gasteiger partial charge in [0.1, 0.15) is 5.76 Å². The first-order valence-electron chi connectivity index (χ1n) is 6.40. The highest BCUT2D eigenvalue weighted by Gasteiger charge is 2.21. The van der Waals surface area contributed by atoms with Crippen LogP contribution in [-0.2, 0) is 4.74 Å². The fourth-order valence-electron chi connectivity index (χ4n) is 1.86. The van der Waals surface area contributed by atoms with E-state index in [-0.39, 0.29) is 11.8 Å². The van der Waals surface area contributed by atoms with Crippen molar-refractivity contribution in [3.63, 3.8) is 0 Å². The number of rotatable bonds is 7. The molecule has 1 aromatic rings. The Morgan fingerprint density at radius 3 is 2.74 bits per heavy atom. The number of ether oxygens (including phenoxy) is 1. The molecule has 19 heavy (non-hydrogen) atoms. The van der Waals surface area contributed by atoms with Gasteiger partial charge in [-0.1, -0.05) is 0 Å². The molecule has 0 amide bonds. The van der Waals surface area contributed by atoms with E-state index in [1.54, 1.807) is 6.07 Å². The maximum atomic E-state index is 11.4. The average molecular weight is 285 g/mol.